The lowest BCUT2D eigenvalue weighted by molar-refractivity contribution is 0.0776. The highest BCUT2D eigenvalue weighted by Gasteiger charge is 2.19. The molecule has 0 aliphatic carbocycles. The quantitative estimate of drug-likeness (QED) is 0.740. The zero-order valence-electron chi connectivity index (χ0n) is 13.3. The van der Waals surface area contributed by atoms with Crippen molar-refractivity contribution < 1.29 is 4.79 Å². The summed E-state index contributed by atoms with van der Waals surface area (Å²) in [6, 6.07) is 21.5. The second-order valence-electron chi connectivity index (χ2n) is 5.57. The smallest absolute Gasteiger partial charge is 0.272 e. The highest BCUT2D eigenvalue weighted by molar-refractivity contribution is 5.93. The van der Waals surface area contributed by atoms with Gasteiger partial charge in [-0.1, -0.05) is 48.5 Å². The minimum atomic E-state index is -0.0432. The molecule has 0 N–H and O–H groups in total. The van der Waals surface area contributed by atoms with Gasteiger partial charge in [-0.2, -0.15) is 5.10 Å². The number of aromatic nitrogens is 2. The third-order valence-corrected chi connectivity index (χ3v) is 3.66. The Morgan fingerprint density at radius 1 is 1.04 bits per heavy atom. The molecule has 116 valence electrons. The van der Waals surface area contributed by atoms with Gasteiger partial charge in [-0.25, -0.2) is 4.68 Å². The lowest BCUT2D eigenvalue weighted by Gasteiger charge is -2.18. The van der Waals surface area contributed by atoms with E-state index in [2.05, 4.69) is 5.10 Å². The summed E-state index contributed by atoms with van der Waals surface area (Å²) in [7, 11) is 1.81. The predicted molar refractivity (Wildman–Crippen MR) is 90.5 cm³/mol. The minimum Gasteiger partial charge on any atom is -0.336 e. The summed E-state index contributed by atoms with van der Waals surface area (Å²) < 4.78 is 1.71. The molecule has 0 unspecified atom stereocenters. The molecule has 1 aromatic heterocycles. The van der Waals surface area contributed by atoms with Crippen LogP contribution in [0.4, 0.5) is 0 Å². The first-order valence-corrected chi connectivity index (χ1v) is 7.56. The third kappa shape index (κ3) is 3.31. The zero-order chi connectivity index (χ0) is 16.2. The van der Waals surface area contributed by atoms with Crippen molar-refractivity contribution in [3.05, 3.63) is 83.7 Å². The van der Waals surface area contributed by atoms with Gasteiger partial charge in [0.2, 0.25) is 0 Å². The fourth-order valence-corrected chi connectivity index (χ4v) is 2.54. The molecule has 0 spiro atoms. The number of para-hydroxylation sites is 1. The van der Waals surface area contributed by atoms with Gasteiger partial charge >= 0.3 is 0 Å². The molecular weight excluding hydrogens is 286 g/mol. The zero-order valence-corrected chi connectivity index (χ0v) is 13.3. The Morgan fingerprint density at radius 3 is 2.30 bits per heavy atom. The summed E-state index contributed by atoms with van der Waals surface area (Å²) in [6.07, 6.45) is 0. The molecule has 0 atom stereocenters. The summed E-state index contributed by atoms with van der Waals surface area (Å²) in [4.78, 5) is 14.5. The average molecular weight is 305 g/mol. The molecule has 0 aliphatic rings. The molecule has 0 aliphatic heterocycles. The third-order valence-electron chi connectivity index (χ3n) is 3.66. The number of aryl methyl sites for hydroxylation is 1. The Hall–Kier alpha value is -2.88. The number of nitrogens with zero attached hydrogens (tertiary/aromatic N) is 3. The lowest BCUT2D eigenvalue weighted by Crippen LogP contribution is -2.28. The number of carbonyl (C=O) groups is 1. The molecule has 0 radical (unpaired) electrons. The van der Waals surface area contributed by atoms with E-state index in [1.807, 2.05) is 80.7 Å². The number of amides is 1. The van der Waals surface area contributed by atoms with E-state index in [1.54, 1.807) is 9.58 Å². The van der Waals surface area contributed by atoms with E-state index in [0.717, 1.165) is 16.9 Å². The normalized spacial score (nSPS) is 10.5. The second kappa shape index (κ2) is 6.48. The van der Waals surface area contributed by atoms with Crippen molar-refractivity contribution in [2.75, 3.05) is 7.05 Å². The molecule has 4 heteroatoms. The van der Waals surface area contributed by atoms with Crippen molar-refractivity contribution in [2.24, 2.45) is 0 Å². The van der Waals surface area contributed by atoms with Crippen molar-refractivity contribution in [2.45, 2.75) is 13.5 Å². The van der Waals surface area contributed by atoms with Crippen molar-refractivity contribution >= 4 is 5.91 Å². The molecule has 0 saturated heterocycles. The maximum atomic E-state index is 12.8. The summed E-state index contributed by atoms with van der Waals surface area (Å²) in [5.41, 5.74) is 3.39. The number of hydrogen-bond acceptors (Lipinski definition) is 2. The van der Waals surface area contributed by atoms with Crippen LogP contribution in [0.5, 0.6) is 0 Å². The van der Waals surface area contributed by atoms with Gasteiger partial charge in [-0.15, -0.1) is 0 Å². The molecule has 2 aromatic carbocycles. The topological polar surface area (TPSA) is 38.1 Å². The predicted octanol–water partition coefficient (Wildman–Crippen LogP) is 3.45. The largest absolute Gasteiger partial charge is 0.336 e. The van der Waals surface area contributed by atoms with E-state index >= 15 is 0 Å². The molecule has 1 heterocycles. The first-order chi connectivity index (χ1) is 11.1. The van der Waals surface area contributed by atoms with Gasteiger partial charge in [0, 0.05) is 13.6 Å². The van der Waals surface area contributed by atoms with E-state index in [1.165, 1.54) is 0 Å². The van der Waals surface area contributed by atoms with Crippen LogP contribution in [-0.4, -0.2) is 27.6 Å². The van der Waals surface area contributed by atoms with Crippen LogP contribution < -0.4 is 0 Å². The first-order valence-electron chi connectivity index (χ1n) is 7.56. The van der Waals surface area contributed by atoms with Crippen molar-refractivity contribution in [3.63, 3.8) is 0 Å². The molecular formula is C19H19N3O. The number of carbonyl (C=O) groups excluding carboxylic acids is 1. The maximum absolute atomic E-state index is 12.8. The van der Waals surface area contributed by atoms with Crippen molar-refractivity contribution in [1.82, 2.24) is 14.7 Å². The van der Waals surface area contributed by atoms with Gasteiger partial charge in [-0.05, 0) is 30.7 Å². The van der Waals surface area contributed by atoms with Crippen LogP contribution >= 0.6 is 0 Å². The van der Waals surface area contributed by atoms with Crippen molar-refractivity contribution in [1.29, 1.82) is 0 Å². The second-order valence-corrected chi connectivity index (χ2v) is 5.57. The van der Waals surface area contributed by atoms with E-state index in [0.29, 0.717) is 12.2 Å². The Kier molecular flexibility index (Phi) is 4.24. The molecule has 4 nitrogen and oxygen atoms in total. The van der Waals surface area contributed by atoms with Gasteiger partial charge in [0.05, 0.1) is 11.4 Å². The highest BCUT2D eigenvalue weighted by atomic mass is 16.2. The Bertz CT molecular complexity index is 794. The number of benzene rings is 2. The monoisotopic (exact) mass is 305 g/mol. The van der Waals surface area contributed by atoms with Crippen LogP contribution in [0.25, 0.3) is 5.69 Å². The maximum Gasteiger partial charge on any atom is 0.272 e. The van der Waals surface area contributed by atoms with E-state index in [-0.39, 0.29) is 5.91 Å². The fourth-order valence-electron chi connectivity index (χ4n) is 2.54. The standard InChI is InChI=1S/C19H19N3O/c1-15-13-18(22(20-15)17-11-7-4-8-12-17)19(23)21(2)14-16-9-5-3-6-10-16/h3-13H,14H2,1-2H3. The van der Waals surface area contributed by atoms with Gasteiger partial charge < -0.3 is 4.90 Å². The molecule has 0 saturated carbocycles. The van der Waals surface area contributed by atoms with Gasteiger partial charge in [0.15, 0.2) is 0 Å². The van der Waals surface area contributed by atoms with Crippen molar-refractivity contribution in [3.8, 4) is 5.69 Å². The molecule has 23 heavy (non-hydrogen) atoms. The first kappa shape index (κ1) is 15.0. The van der Waals surface area contributed by atoms with Crippen LogP contribution in [0.1, 0.15) is 21.7 Å². The molecule has 3 rings (SSSR count). The summed E-state index contributed by atoms with van der Waals surface area (Å²) >= 11 is 0. The van der Waals surface area contributed by atoms with Crippen LogP contribution in [0.2, 0.25) is 0 Å². The van der Waals surface area contributed by atoms with E-state index < -0.39 is 0 Å². The van der Waals surface area contributed by atoms with Gasteiger partial charge in [-0.3, -0.25) is 4.79 Å². The SMILES string of the molecule is Cc1cc(C(=O)N(C)Cc2ccccc2)n(-c2ccccc2)n1. The molecule has 1 amide bonds. The van der Waals surface area contributed by atoms with Crippen LogP contribution in [0.3, 0.4) is 0 Å². The Labute approximate surface area is 136 Å². The number of hydrogen-bond donors (Lipinski definition) is 0. The van der Waals surface area contributed by atoms with Crippen LogP contribution in [0.15, 0.2) is 66.7 Å². The van der Waals surface area contributed by atoms with E-state index in [9.17, 15) is 4.79 Å². The van der Waals surface area contributed by atoms with Gasteiger partial charge in [0.25, 0.3) is 5.91 Å². The Morgan fingerprint density at radius 2 is 1.65 bits per heavy atom. The molecule has 3 aromatic rings. The number of rotatable bonds is 4. The Balaban J connectivity index is 1.88. The fraction of sp³-hybridized carbons (Fsp3) is 0.158. The minimum absolute atomic E-state index is 0.0432. The van der Waals surface area contributed by atoms with Gasteiger partial charge in [0.1, 0.15) is 5.69 Å². The summed E-state index contributed by atoms with van der Waals surface area (Å²) in [5.74, 6) is -0.0432. The summed E-state index contributed by atoms with van der Waals surface area (Å²) in [5, 5.41) is 4.46. The highest BCUT2D eigenvalue weighted by Crippen LogP contribution is 2.15. The van der Waals surface area contributed by atoms with Crippen LogP contribution in [-0.2, 0) is 6.54 Å². The van der Waals surface area contributed by atoms with E-state index in [4.69, 9.17) is 0 Å². The lowest BCUT2D eigenvalue weighted by atomic mass is 10.2. The molecule has 0 bridgehead atoms. The molecule has 0 fully saturated rings. The average Bonchev–Trinajstić information content (AvgIpc) is 2.97. The van der Waals surface area contributed by atoms with Crippen LogP contribution in [0, 0.1) is 6.92 Å². The summed E-state index contributed by atoms with van der Waals surface area (Å²) in [6.45, 7) is 2.46.